The van der Waals surface area contributed by atoms with E-state index in [2.05, 4.69) is 32.5 Å². The molecule has 0 spiro atoms. The van der Waals surface area contributed by atoms with E-state index in [9.17, 15) is 4.79 Å². The van der Waals surface area contributed by atoms with Crippen molar-refractivity contribution >= 4 is 34.0 Å². The molecule has 0 atom stereocenters. The molecule has 4 rings (SSSR count). The molecule has 2 aromatic heterocycles. The maximum Gasteiger partial charge on any atom is 0.275 e. The van der Waals surface area contributed by atoms with Gasteiger partial charge in [-0.2, -0.15) is 0 Å². The Morgan fingerprint density at radius 1 is 0.966 bits per heavy atom. The number of hydrogen-bond acceptors (Lipinski definition) is 5. The average molecular weight is 383 g/mol. The number of benzene rings is 2. The highest BCUT2D eigenvalue weighted by Gasteiger charge is 2.13. The van der Waals surface area contributed by atoms with Gasteiger partial charge >= 0.3 is 0 Å². The molecule has 6 nitrogen and oxygen atoms in total. The van der Waals surface area contributed by atoms with E-state index in [1.165, 1.54) is 6.20 Å². The van der Waals surface area contributed by atoms with Crippen LogP contribution >= 0.6 is 0 Å². The molecular formula is C23H21N5O. The largest absolute Gasteiger partial charge is 0.337 e. The Morgan fingerprint density at radius 2 is 1.79 bits per heavy atom. The van der Waals surface area contributed by atoms with E-state index >= 15 is 0 Å². The van der Waals surface area contributed by atoms with Crippen LogP contribution in [0.3, 0.4) is 0 Å². The molecule has 2 N–H and O–H groups in total. The number of fused-ring (bicyclic) bond motifs is 1. The third-order valence-electron chi connectivity index (χ3n) is 4.76. The van der Waals surface area contributed by atoms with Crippen molar-refractivity contribution in [3.05, 3.63) is 83.9 Å². The Morgan fingerprint density at radius 3 is 2.59 bits per heavy atom. The number of carbonyl (C=O) groups excluding carboxylic acids is 1. The molecule has 0 bridgehead atoms. The summed E-state index contributed by atoms with van der Waals surface area (Å²) in [5, 5.41) is 7.22. The summed E-state index contributed by atoms with van der Waals surface area (Å²) in [6, 6.07) is 15.8. The maximum atomic E-state index is 12.6. The number of amides is 1. The van der Waals surface area contributed by atoms with Crippen LogP contribution in [0.15, 0.2) is 67.1 Å². The zero-order valence-electron chi connectivity index (χ0n) is 16.3. The molecule has 29 heavy (non-hydrogen) atoms. The summed E-state index contributed by atoms with van der Waals surface area (Å²) in [6.45, 7) is 4.04. The molecule has 0 aliphatic rings. The van der Waals surface area contributed by atoms with Crippen LogP contribution in [-0.2, 0) is 6.42 Å². The fraction of sp³-hybridized carbons (Fsp3) is 0.130. The highest BCUT2D eigenvalue weighted by Crippen LogP contribution is 2.24. The molecule has 6 heteroatoms. The standard InChI is InChI=1S/C23H21N5O/c1-3-16-8-4-7-15(2)21(16)28-23(29)19-13-26-20(14-25-19)27-18-11-5-9-17-10-6-12-24-22(17)18/h4-14H,3H2,1-2H3,(H,26,27)(H,28,29). The van der Waals surface area contributed by atoms with E-state index in [4.69, 9.17) is 0 Å². The Bertz CT molecular complexity index is 1170. The van der Waals surface area contributed by atoms with Crippen molar-refractivity contribution in [1.29, 1.82) is 0 Å². The smallest absolute Gasteiger partial charge is 0.275 e. The summed E-state index contributed by atoms with van der Waals surface area (Å²) in [7, 11) is 0. The molecule has 0 saturated heterocycles. The Balaban J connectivity index is 1.53. The summed E-state index contributed by atoms with van der Waals surface area (Å²) in [5.41, 5.74) is 4.90. The third-order valence-corrected chi connectivity index (χ3v) is 4.76. The molecule has 0 fully saturated rings. The molecule has 0 radical (unpaired) electrons. The Hall–Kier alpha value is -3.80. The molecule has 0 aliphatic carbocycles. The number of aromatic nitrogens is 3. The van der Waals surface area contributed by atoms with Gasteiger partial charge in [-0.25, -0.2) is 9.97 Å². The topological polar surface area (TPSA) is 79.8 Å². The monoisotopic (exact) mass is 383 g/mol. The van der Waals surface area contributed by atoms with Crippen LogP contribution in [-0.4, -0.2) is 20.9 Å². The second kappa shape index (κ2) is 8.06. The van der Waals surface area contributed by atoms with Gasteiger partial charge in [-0.05, 0) is 36.6 Å². The van der Waals surface area contributed by atoms with Crippen LogP contribution < -0.4 is 10.6 Å². The first kappa shape index (κ1) is 18.6. The summed E-state index contributed by atoms with van der Waals surface area (Å²) in [4.78, 5) is 25.7. The number of pyridine rings is 1. The van der Waals surface area contributed by atoms with E-state index in [0.29, 0.717) is 5.82 Å². The number of hydrogen-bond donors (Lipinski definition) is 2. The molecule has 0 aliphatic heterocycles. The lowest BCUT2D eigenvalue weighted by Crippen LogP contribution is -2.16. The SMILES string of the molecule is CCc1cccc(C)c1NC(=O)c1cnc(Nc2cccc3cccnc23)cn1. The van der Waals surface area contributed by atoms with Crippen LogP contribution in [0.25, 0.3) is 10.9 Å². The number of rotatable bonds is 5. The lowest BCUT2D eigenvalue weighted by molar-refractivity contribution is 0.102. The predicted octanol–water partition coefficient (Wildman–Crippen LogP) is 4.89. The Kier molecular flexibility index (Phi) is 5.16. The van der Waals surface area contributed by atoms with Crippen molar-refractivity contribution in [3.63, 3.8) is 0 Å². The lowest BCUT2D eigenvalue weighted by atomic mass is 10.1. The second-order valence-electron chi connectivity index (χ2n) is 6.71. The van der Waals surface area contributed by atoms with Crippen molar-refractivity contribution < 1.29 is 4.79 Å². The zero-order valence-corrected chi connectivity index (χ0v) is 16.3. The first-order valence-corrected chi connectivity index (χ1v) is 9.48. The van der Waals surface area contributed by atoms with Crippen molar-refractivity contribution in [2.45, 2.75) is 20.3 Å². The molecular weight excluding hydrogens is 362 g/mol. The second-order valence-corrected chi connectivity index (χ2v) is 6.71. The number of para-hydroxylation sites is 2. The van der Waals surface area contributed by atoms with Gasteiger partial charge < -0.3 is 10.6 Å². The van der Waals surface area contributed by atoms with Gasteiger partial charge in [0.25, 0.3) is 5.91 Å². The van der Waals surface area contributed by atoms with Gasteiger partial charge in [-0.1, -0.05) is 43.3 Å². The fourth-order valence-electron chi connectivity index (χ4n) is 3.23. The summed E-state index contributed by atoms with van der Waals surface area (Å²) in [6.07, 6.45) is 5.61. The normalized spacial score (nSPS) is 10.7. The van der Waals surface area contributed by atoms with E-state index < -0.39 is 0 Å². The number of anilines is 3. The first-order chi connectivity index (χ1) is 14.2. The number of nitrogens with zero attached hydrogens (tertiary/aromatic N) is 3. The van der Waals surface area contributed by atoms with Gasteiger partial charge in [0.2, 0.25) is 0 Å². The predicted molar refractivity (Wildman–Crippen MR) is 116 cm³/mol. The highest BCUT2D eigenvalue weighted by atomic mass is 16.1. The van der Waals surface area contributed by atoms with Gasteiger partial charge in [-0.15, -0.1) is 0 Å². The maximum absolute atomic E-state index is 12.6. The van der Waals surface area contributed by atoms with Crippen LogP contribution in [0.2, 0.25) is 0 Å². The summed E-state index contributed by atoms with van der Waals surface area (Å²) >= 11 is 0. The van der Waals surface area contributed by atoms with Gasteiger partial charge in [0, 0.05) is 17.3 Å². The molecule has 2 heterocycles. The minimum absolute atomic E-state index is 0.261. The third kappa shape index (κ3) is 3.91. The van der Waals surface area contributed by atoms with E-state index in [1.54, 1.807) is 12.4 Å². The molecule has 2 aromatic carbocycles. The number of carbonyl (C=O) groups is 1. The first-order valence-electron chi connectivity index (χ1n) is 9.48. The van der Waals surface area contributed by atoms with Crippen LogP contribution in [0.1, 0.15) is 28.5 Å². The van der Waals surface area contributed by atoms with E-state index in [0.717, 1.165) is 39.8 Å². The molecule has 144 valence electrons. The lowest BCUT2D eigenvalue weighted by Gasteiger charge is -2.13. The summed E-state index contributed by atoms with van der Waals surface area (Å²) < 4.78 is 0. The number of nitrogens with one attached hydrogen (secondary N) is 2. The average Bonchev–Trinajstić information content (AvgIpc) is 2.76. The summed E-state index contributed by atoms with van der Waals surface area (Å²) in [5.74, 6) is 0.268. The van der Waals surface area contributed by atoms with Gasteiger partial charge in [0.1, 0.15) is 11.5 Å². The van der Waals surface area contributed by atoms with E-state index in [-0.39, 0.29) is 11.6 Å². The van der Waals surface area contributed by atoms with E-state index in [1.807, 2.05) is 55.5 Å². The molecule has 0 saturated carbocycles. The quantitative estimate of drug-likeness (QED) is 0.513. The Labute approximate surface area is 169 Å². The van der Waals surface area contributed by atoms with Gasteiger partial charge in [0.05, 0.1) is 23.6 Å². The van der Waals surface area contributed by atoms with Crippen LogP contribution in [0.4, 0.5) is 17.2 Å². The fourth-order valence-corrected chi connectivity index (χ4v) is 3.23. The van der Waals surface area contributed by atoms with Gasteiger partial charge in [0.15, 0.2) is 0 Å². The number of aryl methyl sites for hydroxylation is 2. The van der Waals surface area contributed by atoms with Crippen molar-refractivity contribution in [2.24, 2.45) is 0 Å². The van der Waals surface area contributed by atoms with Crippen molar-refractivity contribution in [3.8, 4) is 0 Å². The van der Waals surface area contributed by atoms with Crippen LogP contribution in [0, 0.1) is 6.92 Å². The zero-order chi connectivity index (χ0) is 20.2. The molecule has 0 unspecified atom stereocenters. The van der Waals surface area contributed by atoms with Crippen molar-refractivity contribution in [1.82, 2.24) is 15.0 Å². The van der Waals surface area contributed by atoms with Crippen molar-refractivity contribution in [2.75, 3.05) is 10.6 Å². The molecule has 1 amide bonds. The minimum Gasteiger partial charge on any atom is -0.337 e. The molecule has 4 aromatic rings. The highest BCUT2D eigenvalue weighted by molar-refractivity contribution is 6.03. The van der Waals surface area contributed by atoms with Crippen LogP contribution in [0.5, 0.6) is 0 Å². The van der Waals surface area contributed by atoms with Gasteiger partial charge in [-0.3, -0.25) is 9.78 Å². The minimum atomic E-state index is -0.278.